The van der Waals surface area contributed by atoms with Gasteiger partial charge in [0.2, 0.25) is 0 Å². The second-order valence-electron chi connectivity index (χ2n) is 8.98. The van der Waals surface area contributed by atoms with Gasteiger partial charge in [0.1, 0.15) is 41.2 Å². The SMILES string of the molecule is COc1cc(-c2cnc3cc(OCC4CN(C)CCO4)ccn23)cc(OC(F)F)c1C(=O)NC1CC1. The van der Waals surface area contributed by atoms with E-state index in [9.17, 15) is 13.6 Å². The van der Waals surface area contributed by atoms with Crippen LogP contribution >= 0.6 is 0 Å². The first kappa shape index (κ1) is 24.3. The number of fused-ring (bicyclic) bond motifs is 1. The molecule has 5 rings (SSSR count). The molecule has 0 bridgehead atoms. The molecular weight excluding hydrogens is 474 g/mol. The van der Waals surface area contributed by atoms with Crippen molar-refractivity contribution < 1.29 is 32.5 Å². The third-order valence-electron chi connectivity index (χ3n) is 6.20. The minimum Gasteiger partial charge on any atom is -0.496 e. The zero-order valence-electron chi connectivity index (χ0n) is 20.1. The molecule has 1 unspecified atom stereocenters. The van der Waals surface area contributed by atoms with E-state index in [0.717, 1.165) is 25.9 Å². The van der Waals surface area contributed by atoms with Crippen molar-refractivity contribution in [1.82, 2.24) is 19.6 Å². The summed E-state index contributed by atoms with van der Waals surface area (Å²) in [6.07, 6.45) is 5.11. The molecule has 1 aliphatic heterocycles. The fraction of sp³-hybridized carbons (Fsp3) is 0.440. The Hall–Kier alpha value is -3.44. The maximum atomic E-state index is 13.2. The molecule has 192 valence electrons. The van der Waals surface area contributed by atoms with Crippen LogP contribution in [0.2, 0.25) is 0 Å². The lowest BCUT2D eigenvalue weighted by Crippen LogP contribution is -2.42. The number of nitrogens with one attached hydrogen (secondary N) is 1. The third-order valence-corrected chi connectivity index (χ3v) is 6.20. The maximum Gasteiger partial charge on any atom is 0.387 e. The van der Waals surface area contributed by atoms with Gasteiger partial charge in [-0.25, -0.2) is 4.98 Å². The van der Waals surface area contributed by atoms with Crippen molar-refractivity contribution in [2.75, 3.05) is 40.5 Å². The Labute approximate surface area is 206 Å². The molecule has 9 nitrogen and oxygen atoms in total. The summed E-state index contributed by atoms with van der Waals surface area (Å²) in [6, 6.07) is 6.66. The number of nitrogens with zero attached hydrogens (tertiary/aromatic N) is 3. The van der Waals surface area contributed by atoms with E-state index in [1.165, 1.54) is 13.2 Å². The molecule has 2 aromatic heterocycles. The lowest BCUT2D eigenvalue weighted by atomic mass is 10.1. The summed E-state index contributed by atoms with van der Waals surface area (Å²) in [6.45, 7) is -0.304. The molecule has 1 atom stereocenters. The number of hydrogen-bond acceptors (Lipinski definition) is 7. The van der Waals surface area contributed by atoms with Crippen molar-refractivity contribution in [3.8, 4) is 28.5 Å². The molecule has 3 heterocycles. The summed E-state index contributed by atoms with van der Waals surface area (Å²) in [5.74, 6) is 0.00556. The second-order valence-corrected chi connectivity index (χ2v) is 8.98. The van der Waals surface area contributed by atoms with Gasteiger partial charge in [-0.15, -0.1) is 0 Å². The quantitative estimate of drug-likeness (QED) is 0.481. The average Bonchev–Trinajstić information content (AvgIpc) is 3.56. The highest BCUT2D eigenvalue weighted by molar-refractivity contribution is 6.01. The van der Waals surface area contributed by atoms with E-state index >= 15 is 0 Å². The molecule has 1 saturated carbocycles. The molecule has 1 amide bonds. The van der Waals surface area contributed by atoms with Gasteiger partial charge in [0, 0.05) is 37.0 Å². The van der Waals surface area contributed by atoms with Gasteiger partial charge in [0.15, 0.2) is 0 Å². The highest BCUT2D eigenvalue weighted by atomic mass is 19.3. The van der Waals surface area contributed by atoms with Crippen LogP contribution < -0.4 is 19.5 Å². The first-order valence-electron chi connectivity index (χ1n) is 11.8. The van der Waals surface area contributed by atoms with Crippen LogP contribution in [0.4, 0.5) is 8.78 Å². The van der Waals surface area contributed by atoms with E-state index in [-0.39, 0.29) is 29.2 Å². The fourth-order valence-electron chi connectivity index (χ4n) is 4.22. The highest BCUT2D eigenvalue weighted by Crippen LogP contribution is 2.37. The fourth-order valence-corrected chi connectivity index (χ4v) is 4.22. The molecular formula is C25H28F2N4O5. The largest absolute Gasteiger partial charge is 0.496 e. The Kier molecular flexibility index (Phi) is 6.92. The number of benzene rings is 1. The van der Waals surface area contributed by atoms with Gasteiger partial charge in [-0.3, -0.25) is 9.20 Å². The number of halogens is 2. The van der Waals surface area contributed by atoms with Crippen LogP contribution in [0.25, 0.3) is 16.9 Å². The lowest BCUT2D eigenvalue weighted by molar-refractivity contribution is -0.0502. The van der Waals surface area contributed by atoms with Crippen molar-refractivity contribution in [2.45, 2.75) is 31.6 Å². The van der Waals surface area contributed by atoms with Crippen molar-refractivity contribution in [3.63, 3.8) is 0 Å². The van der Waals surface area contributed by atoms with Crippen molar-refractivity contribution in [2.24, 2.45) is 0 Å². The molecule has 36 heavy (non-hydrogen) atoms. The number of amides is 1. The van der Waals surface area contributed by atoms with Crippen LogP contribution in [0.3, 0.4) is 0 Å². The van der Waals surface area contributed by atoms with Crippen molar-refractivity contribution in [1.29, 1.82) is 0 Å². The van der Waals surface area contributed by atoms with Crippen LogP contribution in [0.1, 0.15) is 23.2 Å². The molecule has 0 radical (unpaired) electrons. The Morgan fingerprint density at radius 1 is 1.28 bits per heavy atom. The van der Waals surface area contributed by atoms with Gasteiger partial charge in [-0.05, 0) is 38.1 Å². The predicted molar refractivity (Wildman–Crippen MR) is 127 cm³/mol. The third kappa shape index (κ3) is 5.36. The number of alkyl halides is 2. The van der Waals surface area contributed by atoms with Gasteiger partial charge in [-0.2, -0.15) is 8.78 Å². The number of hydrogen-bond donors (Lipinski definition) is 1. The Morgan fingerprint density at radius 3 is 2.81 bits per heavy atom. The summed E-state index contributed by atoms with van der Waals surface area (Å²) < 4.78 is 50.1. The minimum absolute atomic E-state index is 0.00775. The van der Waals surface area contributed by atoms with E-state index in [1.54, 1.807) is 35.0 Å². The molecule has 2 fully saturated rings. The Morgan fingerprint density at radius 2 is 2.08 bits per heavy atom. The number of aromatic nitrogens is 2. The standard InChI is InChI=1S/C25H28F2N4O5/c1-30-7-8-34-18(13-30)14-35-17-5-6-31-19(12-28-22(31)11-17)15-9-20(33-2)23(21(10-15)36-25(26)27)24(32)29-16-3-4-16/h5-6,9-12,16,18,25H,3-4,7-8,13-14H2,1-2H3,(H,29,32). The zero-order valence-corrected chi connectivity index (χ0v) is 20.1. The average molecular weight is 503 g/mol. The monoisotopic (exact) mass is 502 g/mol. The van der Waals surface area contributed by atoms with E-state index in [1.807, 2.05) is 7.05 Å². The molecule has 1 saturated heterocycles. The summed E-state index contributed by atoms with van der Waals surface area (Å²) in [5, 5.41) is 2.80. The first-order valence-corrected chi connectivity index (χ1v) is 11.8. The van der Waals surface area contributed by atoms with Gasteiger partial charge in [0.25, 0.3) is 5.91 Å². The first-order chi connectivity index (χ1) is 17.4. The minimum atomic E-state index is -3.10. The highest BCUT2D eigenvalue weighted by Gasteiger charge is 2.29. The topological polar surface area (TPSA) is 86.6 Å². The van der Waals surface area contributed by atoms with Crippen molar-refractivity contribution >= 4 is 11.6 Å². The second kappa shape index (κ2) is 10.3. The number of pyridine rings is 1. The zero-order chi connectivity index (χ0) is 25.2. The number of imidazole rings is 1. The van der Waals surface area contributed by atoms with E-state index in [4.69, 9.17) is 18.9 Å². The maximum absolute atomic E-state index is 13.2. The Bertz CT molecular complexity index is 1250. The summed E-state index contributed by atoms with van der Waals surface area (Å²) in [7, 11) is 3.43. The smallest absolute Gasteiger partial charge is 0.387 e. The molecule has 11 heteroatoms. The molecule has 0 spiro atoms. The van der Waals surface area contributed by atoms with Crippen molar-refractivity contribution in [3.05, 3.63) is 42.2 Å². The summed E-state index contributed by atoms with van der Waals surface area (Å²) >= 11 is 0. The number of methoxy groups -OCH3 is 1. The number of likely N-dealkylation sites (N-methyl/N-ethyl adjacent to an activating group) is 1. The molecule has 1 aliphatic carbocycles. The lowest BCUT2D eigenvalue weighted by Gasteiger charge is -2.29. The summed E-state index contributed by atoms with van der Waals surface area (Å²) in [5.41, 5.74) is 1.66. The van der Waals surface area contributed by atoms with E-state index in [0.29, 0.717) is 35.9 Å². The van der Waals surface area contributed by atoms with Crippen LogP contribution in [0, 0.1) is 0 Å². The van der Waals surface area contributed by atoms with Gasteiger partial charge in [-0.1, -0.05) is 0 Å². The molecule has 1 N–H and O–H groups in total. The van der Waals surface area contributed by atoms with Crippen LogP contribution in [-0.4, -0.2) is 79.4 Å². The van der Waals surface area contributed by atoms with Crippen LogP contribution in [-0.2, 0) is 4.74 Å². The number of carbonyl (C=O) groups is 1. The van der Waals surface area contributed by atoms with E-state index < -0.39 is 12.5 Å². The van der Waals surface area contributed by atoms with Crippen LogP contribution in [0.15, 0.2) is 36.7 Å². The van der Waals surface area contributed by atoms with Gasteiger partial charge in [0.05, 0.1) is 25.6 Å². The summed E-state index contributed by atoms with van der Waals surface area (Å²) in [4.78, 5) is 19.4. The molecule has 3 aromatic rings. The number of morpholine rings is 1. The number of carbonyl (C=O) groups excluding carboxylic acids is 1. The Balaban J connectivity index is 1.42. The number of ether oxygens (including phenoxy) is 4. The van der Waals surface area contributed by atoms with E-state index in [2.05, 4.69) is 15.2 Å². The normalized spacial score (nSPS) is 18.4. The molecule has 2 aliphatic rings. The number of rotatable bonds is 9. The molecule has 1 aromatic carbocycles. The van der Waals surface area contributed by atoms with Gasteiger partial charge < -0.3 is 29.2 Å². The predicted octanol–water partition coefficient (Wildman–Crippen LogP) is 3.21. The van der Waals surface area contributed by atoms with Gasteiger partial charge >= 0.3 is 6.61 Å². The van der Waals surface area contributed by atoms with Crippen LogP contribution in [0.5, 0.6) is 17.2 Å².